The van der Waals surface area contributed by atoms with Crippen molar-refractivity contribution in [3.63, 3.8) is 0 Å². The van der Waals surface area contributed by atoms with Crippen molar-refractivity contribution in [2.24, 2.45) is 5.10 Å². The van der Waals surface area contributed by atoms with Crippen LogP contribution in [-0.4, -0.2) is 75.6 Å². The predicted molar refractivity (Wildman–Crippen MR) is 163 cm³/mol. The van der Waals surface area contributed by atoms with Crippen LogP contribution in [-0.2, 0) is 46.2 Å². The number of methoxy groups -OCH3 is 2. The highest BCUT2D eigenvalue weighted by molar-refractivity contribution is 6.74. The van der Waals surface area contributed by atoms with Crippen molar-refractivity contribution < 1.29 is 42.8 Å². The summed E-state index contributed by atoms with van der Waals surface area (Å²) in [6, 6.07) is 18.7. The Balaban J connectivity index is 2.08. The van der Waals surface area contributed by atoms with Crippen LogP contribution in [0.1, 0.15) is 44.7 Å². The third-order valence-corrected chi connectivity index (χ3v) is 12.3. The Labute approximate surface area is 255 Å². The summed E-state index contributed by atoms with van der Waals surface area (Å²) in [5.41, 5.74) is 1.81. The molecular weight excluding hydrogens is 568 g/mol. The van der Waals surface area contributed by atoms with Gasteiger partial charge in [0.25, 0.3) is 0 Å². The van der Waals surface area contributed by atoms with Crippen molar-refractivity contribution in [2.75, 3.05) is 20.8 Å². The Hall–Kier alpha value is -3.38. The number of nitrogens with zero attached hydrogens (tertiary/aromatic N) is 2. The largest absolute Gasteiger partial charge is 0.857 e. The summed E-state index contributed by atoms with van der Waals surface area (Å²) in [7, 11) is 0.0144. The van der Waals surface area contributed by atoms with Gasteiger partial charge in [0.1, 0.15) is 18.6 Å². The lowest BCUT2D eigenvalue weighted by Crippen LogP contribution is -2.54. The summed E-state index contributed by atoms with van der Waals surface area (Å²) in [6.45, 7) is 11.4. The SMILES string of the molecule is COC(=O)C/C(C(=O)OC)=[N+]1\N=C([O-])CC1[C@H](OCc1ccccc1)[C@@H](COCc1ccccc1)O[Si](C)(C)C(C)(C)C. The van der Waals surface area contributed by atoms with Crippen molar-refractivity contribution in [1.82, 2.24) is 0 Å². The molecule has 0 saturated heterocycles. The van der Waals surface area contributed by atoms with Gasteiger partial charge in [-0.3, -0.25) is 4.79 Å². The van der Waals surface area contributed by atoms with Gasteiger partial charge in [-0.25, -0.2) is 4.79 Å². The van der Waals surface area contributed by atoms with Gasteiger partial charge in [0.15, 0.2) is 8.32 Å². The first-order valence-electron chi connectivity index (χ1n) is 14.4. The number of hydrogen-bond donors (Lipinski definition) is 0. The van der Waals surface area contributed by atoms with Gasteiger partial charge in [0.2, 0.25) is 6.04 Å². The number of ether oxygens (including phenoxy) is 4. The van der Waals surface area contributed by atoms with Gasteiger partial charge < -0.3 is 28.5 Å². The van der Waals surface area contributed by atoms with E-state index < -0.39 is 50.8 Å². The summed E-state index contributed by atoms with van der Waals surface area (Å²) in [5.74, 6) is -1.92. The zero-order valence-corrected chi connectivity index (χ0v) is 27.2. The molecule has 2 aromatic rings. The van der Waals surface area contributed by atoms with E-state index in [1.165, 1.54) is 18.9 Å². The van der Waals surface area contributed by atoms with Crippen molar-refractivity contribution in [2.45, 2.75) is 83.2 Å². The molecule has 0 fully saturated rings. The van der Waals surface area contributed by atoms with Crippen LogP contribution >= 0.6 is 0 Å². The summed E-state index contributed by atoms with van der Waals surface area (Å²) >= 11 is 0. The zero-order chi connectivity index (χ0) is 31.6. The van der Waals surface area contributed by atoms with E-state index in [9.17, 15) is 14.7 Å². The second kappa shape index (κ2) is 15.4. The second-order valence-electron chi connectivity index (χ2n) is 12.0. The van der Waals surface area contributed by atoms with Gasteiger partial charge in [0.05, 0.1) is 34.0 Å². The summed E-state index contributed by atoms with van der Waals surface area (Å²) in [5, 5.41) is 16.9. The van der Waals surface area contributed by atoms with Gasteiger partial charge >= 0.3 is 17.7 Å². The van der Waals surface area contributed by atoms with Crippen LogP contribution in [0, 0.1) is 0 Å². The first kappa shape index (κ1) is 34.1. The zero-order valence-electron chi connectivity index (χ0n) is 26.2. The molecule has 11 heteroatoms. The van der Waals surface area contributed by atoms with E-state index in [1.807, 2.05) is 60.7 Å². The standard InChI is InChI=1S/C32H44N2O8Si/c1-32(2,3)43(6,7)42-27(22-40-20-23-14-10-8-11-15-23)30(41-21-24-16-12-9-13-17-24)25-18-28(35)33-34(25)26(31(37)39-5)19-29(36)38-4/h8-17,25,27,30H,18-22H2,1-7H3/t25?,27-,30+/m1/s1. The van der Waals surface area contributed by atoms with E-state index in [2.05, 4.69) is 39.0 Å². The average molecular weight is 613 g/mol. The predicted octanol–water partition coefficient (Wildman–Crippen LogP) is 3.81. The highest BCUT2D eigenvalue weighted by Gasteiger charge is 2.49. The fraction of sp³-hybridized carbons (Fsp3) is 0.500. The van der Waals surface area contributed by atoms with Crippen LogP contribution in [0.3, 0.4) is 0 Å². The van der Waals surface area contributed by atoms with E-state index in [1.54, 1.807) is 0 Å². The normalized spacial score (nSPS) is 18.0. The minimum absolute atomic E-state index is 0.0584. The molecule has 1 unspecified atom stereocenters. The molecule has 2 aromatic carbocycles. The molecule has 1 heterocycles. The van der Waals surface area contributed by atoms with E-state index in [-0.39, 0.29) is 30.4 Å². The Bertz CT molecular complexity index is 1280. The van der Waals surface area contributed by atoms with E-state index >= 15 is 0 Å². The molecule has 43 heavy (non-hydrogen) atoms. The molecular formula is C32H44N2O8Si. The van der Waals surface area contributed by atoms with E-state index in [0.29, 0.717) is 6.61 Å². The van der Waals surface area contributed by atoms with E-state index in [0.717, 1.165) is 11.1 Å². The van der Waals surface area contributed by atoms with Gasteiger partial charge in [-0.2, -0.15) is 0 Å². The Kier molecular flexibility index (Phi) is 12.2. The summed E-state index contributed by atoms with van der Waals surface area (Å²) in [6.07, 6.45) is -1.91. The van der Waals surface area contributed by atoms with Gasteiger partial charge in [-0.05, 0) is 34.4 Å². The number of hydrogen-bond acceptors (Lipinski definition) is 9. The number of rotatable bonds is 14. The first-order chi connectivity index (χ1) is 20.4. The molecule has 0 bridgehead atoms. The Morgan fingerprint density at radius 2 is 1.56 bits per heavy atom. The van der Waals surface area contributed by atoms with Gasteiger partial charge in [0, 0.05) is 12.3 Å². The topological polar surface area (TPSA) is 119 Å². The molecule has 0 radical (unpaired) electrons. The average Bonchev–Trinajstić information content (AvgIpc) is 3.36. The van der Waals surface area contributed by atoms with Crippen LogP contribution in [0.15, 0.2) is 65.8 Å². The maximum Gasteiger partial charge on any atom is 0.401 e. The maximum absolute atomic E-state index is 12.9. The van der Waals surface area contributed by atoms with Crippen LogP contribution < -0.4 is 5.11 Å². The molecule has 0 spiro atoms. The molecule has 0 saturated carbocycles. The van der Waals surface area contributed by atoms with Crippen LogP contribution in [0.5, 0.6) is 0 Å². The molecule has 3 atom stereocenters. The van der Waals surface area contributed by atoms with Crippen molar-refractivity contribution >= 4 is 31.9 Å². The molecule has 10 nitrogen and oxygen atoms in total. The molecule has 0 N–H and O–H groups in total. The molecule has 0 aliphatic carbocycles. The number of benzene rings is 2. The number of esters is 2. The number of carbonyl (C=O) groups is 2. The smallest absolute Gasteiger partial charge is 0.401 e. The lowest BCUT2D eigenvalue weighted by atomic mass is 10.0. The van der Waals surface area contributed by atoms with Crippen molar-refractivity contribution in [1.29, 1.82) is 0 Å². The fourth-order valence-electron chi connectivity index (χ4n) is 4.44. The van der Waals surface area contributed by atoms with E-state index in [4.69, 9.17) is 23.4 Å². The lowest BCUT2D eigenvalue weighted by Gasteiger charge is -2.41. The van der Waals surface area contributed by atoms with Crippen molar-refractivity contribution in [3.05, 3.63) is 71.8 Å². The molecule has 3 rings (SSSR count). The lowest BCUT2D eigenvalue weighted by molar-refractivity contribution is -0.575. The van der Waals surface area contributed by atoms with Crippen LogP contribution in [0.4, 0.5) is 0 Å². The Morgan fingerprint density at radius 3 is 2.09 bits per heavy atom. The third kappa shape index (κ3) is 9.55. The quantitative estimate of drug-likeness (QED) is 0.180. The minimum atomic E-state index is -2.41. The van der Waals surface area contributed by atoms with Crippen LogP contribution in [0.2, 0.25) is 18.1 Å². The fourth-order valence-corrected chi connectivity index (χ4v) is 5.75. The third-order valence-electron chi connectivity index (χ3n) is 7.83. The van der Waals surface area contributed by atoms with Crippen molar-refractivity contribution in [3.8, 4) is 0 Å². The van der Waals surface area contributed by atoms with Crippen LogP contribution in [0.25, 0.3) is 0 Å². The highest BCUT2D eigenvalue weighted by atomic mass is 28.4. The van der Waals surface area contributed by atoms with Gasteiger partial charge in [-0.15, -0.1) is 0 Å². The maximum atomic E-state index is 12.9. The number of carbonyl (C=O) groups excluding carboxylic acids is 2. The molecule has 1 aliphatic heterocycles. The summed E-state index contributed by atoms with van der Waals surface area (Å²) in [4.78, 5) is 25.2. The monoisotopic (exact) mass is 612 g/mol. The molecule has 1 aliphatic rings. The molecule has 0 amide bonds. The first-order valence-corrected chi connectivity index (χ1v) is 17.3. The Morgan fingerprint density at radius 1 is 0.977 bits per heavy atom. The van der Waals surface area contributed by atoms with Gasteiger partial charge in [-0.1, -0.05) is 86.1 Å². The highest BCUT2D eigenvalue weighted by Crippen LogP contribution is 2.38. The second-order valence-corrected chi connectivity index (χ2v) is 16.7. The number of hydrazone groups is 1. The minimum Gasteiger partial charge on any atom is -0.857 e. The molecule has 234 valence electrons. The summed E-state index contributed by atoms with van der Waals surface area (Å²) < 4.78 is 30.8. The molecule has 0 aromatic heterocycles.